The fraction of sp³-hybridized carbons (Fsp3) is 0.348. The second kappa shape index (κ2) is 8.07. The number of benzene rings is 2. The molecule has 1 aliphatic heterocycles. The van der Waals surface area contributed by atoms with Gasteiger partial charge >= 0.3 is 0 Å². The Kier molecular flexibility index (Phi) is 5.35. The van der Waals surface area contributed by atoms with Crippen molar-refractivity contribution in [3.8, 4) is 17.2 Å². The number of nitrogens with zero attached hydrogens (tertiary/aromatic N) is 2. The zero-order chi connectivity index (χ0) is 19.5. The van der Waals surface area contributed by atoms with E-state index in [-0.39, 0.29) is 12.1 Å². The molecule has 0 aliphatic carbocycles. The summed E-state index contributed by atoms with van der Waals surface area (Å²) in [6, 6.07) is 13.0. The number of aromatic nitrogens is 2. The first-order valence-electron chi connectivity index (χ1n) is 9.91. The van der Waals surface area contributed by atoms with E-state index >= 15 is 0 Å². The smallest absolute Gasteiger partial charge is 0.124 e. The summed E-state index contributed by atoms with van der Waals surface area (Å²) in [6.45, 7) is 7.69. The SMILES string of the molecule is CCOc1cc2c(cc1CN[C@H](C)c1ccc(-n3ccnc3)cc1)O[C@@H](C)C2. The van der Waals surface area contributed by atoms with Crippen LogP contribution in [0.15, 0.2) is 55.1 Å². The first kappa shape index (κ1) is 18.6. The van der Waals surface area contributed by atoms with E-state index in [1.165, 1.54) is 11.1 Å². The lowest BCUT2D eigenvalue weighted by Crippen LogP contribution is -2.18. The third-order valence-corrected chi connectivity index (χ3v) is 5.17. The second-order valence-electron chi connectivity index (χ2n) is 7.30. The van der Waals surface area contributed by atoms with E-state index in [9.17, 15) is 0 Å². The van der Waals surface area contributed by atoms with Gasteiger partial charge < -0.3 is 19.4 Å². The molecule has 28 heavy (non-hydrogen) atoms. The van der Waals surface area contributed by atoms with E-state index in [0.29, 0.717) is 6.61 Å². The molecule has 0 bridgehead atoms. The highest BCUT2D eigenvalue weighted by Crippen LogP contribution is 2.35. The highest BCUT2D eigenvalue weighted by Gasteiger charge is 2.22. The zero-order valence-corrected chi connectivity index (χ0v) is 16.7. The second-order valence-corrected chi connectivity index (χ2v) is 7.30. The van der Waals surface area contributed by atoms with Crippen LogP contribution < -0.4 is 14.8 Å². The lowest BCUT2D eigenvalue weighted by atomic mass is 10.0. The van der Waals surface area contributed by atoms with Gasteiger partial charge in [-0.2, -0.15) is 0 Å². The molecule has 5 nitrogen and oxygen atoms in total. The average Bonchev–Trinajstić information content (AvgIpc) is 3.35. The van der Waals surface area contributed by atoms with Crippen LogP contribution in [0.5, 0.6) is 11.5 Å². The zero-order valence-electron chi connectivity index (χ0n) is 16.7. The Balaban J connectivity index is 1.46. The number of fused-ring (bicyclic) bond motifs is 1. The Morgan fingerprint density at radius 1 is 1.29 bits per heavy atom. The van der Waals surface area contributed by atoms with E-state index in [2.05, 4.69) is 60.5 Å². The number of rotatable bonds is 7. The summed E-state index contributed by atoms with van der Waals surface area (Å²) in [5.41, 5.74) is 4.73. The van der Waals surface area contributed by atoms with Crippen LogP contribution in [0.4, 0.5) is 0 Å². The molecule has 0 spiro atoms. The Morgan fingerprint density at radius 2 is 2.11 bits per heavy atom. The molecule has 0 unspecified atom stereocenters. The normalized spacial score (nSPS) is 16.5. The van der Waals surface area contributed by atoms with Crippen molar-refractivity contribution in [3.05, 3.63) is 71.8 Å². The summed E-state index contributed by atoms with van der Waals surface area (Å²) in [4.78, 5) is 4.10. The maximum atomic E-state index is 5.93. The van der Waals surface area contributed by atoms with Gasteiger partial charge in [0, 0.05) is 48.2 Å². The van der Waals surface area contributed by atoms with Crippen molar-refractivity contribution in [1.29, 1.82) is 0 Å². The van der Waals surface area contributed by atoms with Crippen LogP contribution in [0, 0.1) is 0 Å². The first-order chi connectivity index (χ1) is 13.6. The minimum Gasteiger partial charge on any atom is -0.494 e. The van der Waals surface area contributed by atoms with E-state index in [4.69, 9.17) is 9.47 Å². The summed E-state index contributed by atoms with van der Waals surface area (Å²) in [7, 11) is 0. The summed E-state index contributed by atoms with van der Waals surface area (Å²) in [6.07, 6.45) is 6.73. The highest BCUT2D eigenvalue weighted by molar-refractivity contribution is 5.48. The molecule has 1 aromatic heterocycles. The lowest BCUT2D eigenvalue weighted by molar-refractivity contribution is 0.254. The molecule has 0 saturated heterocycles. The molecule has 1 N–H and O–H groups in total. The summed E-state index contributed by atoms with van der Waals surface area (Å²) >= 11 is 0. The minimum absolute atomic E-state index is 0.222. The third-order valence-electron chi connectivity index (χ3n) is 5.17. The van der Waals surface area contributed by atoms with Gasteiger partial charge in [-0.05, 0) is 50.6 Å². The van der Waals surface area contributed by atoms with Crippen molar-refractivity contribution in [1.82, 2.24) is 14.9 Å². The van der Waals surface area contributed by atoms with Crippen molar-refractivity contribution in [2.24, 2.45) is 0 Å². The van der Waals surface area contributed by atoms with Crippen molar-refractivity contribution < 1.29 is 9.47 Å². The molecule has 0 fully saturated rings. The molecule has 2 aromatic carbocycles. The van der Waals surface area contributed by atoms with Crippen LogP contribution in [0.3, 0.4) is 0 Å². The van der Waals surface area contributed by atoms with Crippen molar-refractivity contribution in [2.75, 3.05) is 6.61 Å². The van der Waals surface area contributed by atoms with Gasteiger partial charge in [0.2, 0.25) is 0 Å². The monoisotopic (exact) mass is 377 g/mol. The Hall–Kier alpha value is -2.79. The fourth-order valence-electron chi connectivity index (χ4n) is 3.64. The molecule has 5 heteroatoms. The maximum absolute atomic E-state index is 5.93. The van der Waals surface area contributed by atoms with E-state index in [0.717, 1.165) is 35.7 Å². The number of imidazole rings is 1. The predicted molar refractivity (Wildman–Crippen MR) is 110 cm³/mol. The quantitative estimate of drug-likeness (QED) is 0.661. The molecular weight excluding hydrogens is 350 g/mol. The minimum atomic E-state index is 0.222. The standard InChI is InChI=1S/C23H27N3O2/c1-4-27-22-12-19-11-16(2)28-23(19)13-20(22)14-25-17(3)18-5-7-21(8-6-18)26-10-9-24-15-26/h5-10,12-13,15-17,25H,4,11,14H2,1-3H3/t16-,17+/m0/s1. The van der Waals surface area contributed by atoms with Crippen LogP contribution in [0.25, 0.3) is 5.69 Å². The van der Waals surface area contributed by atoms with Gasteiger partial charge in [-0.1, -0.05) is 12.1 Å². The molecular formula is C23H27N3O2. The molecule has 146 valence electrons. The van der Waals surface area contributed by atoms with Crippen LogP contribution in [0.2, 0.25) is 0 Å². The fourth-order valence-corrected chi connectivity index (χ4v) is 3.64. The highest BCUT2D eigenvalue weighted by atomic mass is 16.5. The number of nitrogens with one attached hydrogen (secondary N) is 1. The number of hydrogen-bond donors (Lipinski definition) is 1. The molecule has 2 atom stereocenters. The third kappa shape index (κ3) is 3.90. The van der Waals surface area contributed by atoms with E-state index in [1.54, 1.807) is 6.20 Å². The van der Waals surface area contributed by atoms with Gasteiger partial charge in [0.25, 0.3) is 0 Å². The van der Waals surface area contributed by atoms with Gasteiger partial charge in [0.15, 0.2) is 0 Å². The van der Waals surface area contributed by atoms with Crippen LogP contribution in [-0.4, -0.2) is 22.3 Å². The van der Waals surface area contributed by atoms with Gasteiger partial charge in [-0.25, -0.2) is 4.98 Å². The average molecular weight is 377 g/mol. The molecule has 1 aliphatic rings. The van der Waals surface area contributed by atoms with Crippen LogP contribution in [-0.2, 0) is 13.0 Å². The molecule has 2 heterocycles. The van der Waals surface area contributed by atoms with Gasteiger partial charge in [-0.15, -0.1) is 0 Å². The van der Waals surface area contributed by atoms with Crippen molar-refractivity contribution in [3.63, 3.8) is 0 Å². The molecule has 3 aromatic rings. The van der Waals surface area contributed by atoms with Gasteiger partial charge in [-0.3, -0.25) is 0 Å². The largest absolute Gasteiger partial charge is 0.494 e. The lowest BCUT2D eigenvalue weighted by Gasteiger charge is -2.18. The van der Waals surface area contributed by atoms with Crippen molar-refractivity contribution >= 4 is 0 Å². The van der Waals surface area contributed by atoms with Crippen LogP contribution in [0.1, 0.15) is 43.5 Å². The Labute approximate surface area is 166 Å². The van der Waals surface area contributed by atoms with E-state index < -0.39 is 0 Å². The summed E-state index contributed by atoms with van der Waals surface area (Å²) in [5.74, 6) is 1.94. The number of hydrogen-bond acceptors (Lipinski definition) is 4. The summed E-state index contributed by atoms with van der Waals surface area (Å²) in [5, 5.41) is 3.62. The number of ether oxygens (including phenoxy) is 2. The molecule has 0 saturated carbocycles. The topological polar surface area (TPSA) is 48.3 Å². The summed E-state index contributed by atoms with van der Waals surface area (Å²) < 4.78 is 13.8. The predicted octanol–water partition coefficient (Wildman–Crippen LogP) is 4.45. The van der Waals surface area contributed by atoms with E-state index in [1.807, 2.05) is 24.0 Å². The Bertz CT molecular complexity index is 920. The van der Waals surface area contributed by atoms with Gasteiger partial charge in [0.1, 0.15) is 17.6 Å². The maximum Gasteiger partial charge on any atom is 0.124 e. The Morgan fingerprint density at radius 3 is 2.82 bits per heavy atom. The molecule has 0 radical (unpaired) electrons. The molecule has 4 rings (SSSR count). The van der Waals surface area contributed by atoms with Crippen LogP contribution >= 0.6 is 0 Å². The first-order valence-corrected chi connectivity index (χ1v) is 9.91. The van der Waals surface area contributed by atoms with Crippen molar-refractivity contribution in [2.45, 2.75) is 45.9 Å². The molecule has 0 amide bonds. The van der Waals surface area contributed by atoms with Gasteiger partial charge in [0.05, 0.1) is 12.9 Å².